The van der Waals surface area contributed by atoms with Gasteiger partial charge in [0.1, 0.15) is 0 Å². The van der Waals surface area contributed by atoms with E-state index >= 15 is 0 Å². The lowest BCUT2D eigenvalue weighted by molar-refractivity contribution is 0.102. The Kier molecular flexibility index (Phi) is 3.67. The monoisotopic (exact) mass is 362 g/mol. The number of nitriles is 1. The Morgan fingerprint density at radius 3 is 2.78 bits per heavy atom. The summed E-state index contributed by atoms with van der Waals surface area (Å²) >= 11 is 0. The van der Waals surface area contributed by atoms with Gasteiger partial charge in [0.2, 0.25) is 0 Å². The van der Waals surface area contributed by atoms with Crippen LogP contribution >= 0.6 is 0 Å². The van der Waals surface area contributed by atoms with E-state index in [1.54, 1.807) is 18.2 Å². The molecule has 0 radical (unpaired) electrons. The molecule has 10 nitrogen and oxygen atoms in total. The van der Waals surface area contributed by atoms with Gasteiger partial charge in [0.25, 0.3) is 5.91 Å². The number of carbonyl (C=O) groups is 1. The van der Waals surface area contributed by atoms with E-state index in [0.717, 1.165) is 0 Å². The second-order valence-electron chi connectivity index (χ2n) is 5.56. The van der Waals surface area contributed by atoms with E-state index in [2.05, 4.69) is 25.1 Å². The molecule has 0 atom stereocenters. The third-order valence-electron chi connectivity index (χ3n) is 3.80. The van der Waals surface area contributed by atoms with Crippen molar-refractivity contribution in [3.8, 4) is 17.5 Å². The fraction of sp³-hybridized carbons (Fsp3) is 0. The Morgan fingerprint density at radius 2 is 2.04 bits per heavy atom. The summed E-state index contributed by atoms with van der Waals surface area (Å²) in [5.41, 5.74) is 7.53. The van der Waals surface area contributed by atoms with Crippen LogP contribution in [0.2, 0.25) is 0 Å². The first-order valence-electron chi connectivity index (χ1n) is 7.62. The number of rotatable bonds is 3. The van der Waals surface area contributed by atoms with Crippen LogP contribution in [0.3, 0.4) is 0 Å². The van der Waals surface area contributed by atoms with Crippen LogP contribution in [-0.2, 0) is 0 Å². The maximum Gasteiger partial charge on any atom is 0.439 e. The number of nitrogens with two attached hydrogens (primary N) is 1. The summed E-state index contributed by atoms with van der Waals surface area (Å²) in [6.07, 6.45) is 0. The molecule has 132 valence electrons. The Bertz CT molecular complexity index is 1280. The largest absolute Gasteiger partial charge is 0.439 e. The number of nitrogen functional groups attached to an aromatic ring is 1. The smallest absolute Gasteiger partial charge is 0.399 e. The van der Waals surface area contributed by atoms with E-state index in [-0.39, 0.29) is 11.5 Å². The van der Waals surface area contributed by atoms with E-state index < -0.39 is 11.7 Å². The highest BCUT2D eigenvalue weighted by Gasteiger charge is 2.19. The number of aromatic amines is 1. The fourth-order valence-corrected chi connectivity index (χ4v) is 2.56. The standard InChI is InChI=1S/C17H10N6O4/c18-7-8-1-4-12(11(5-8)15-21-17(25)27-23-15)20-16(24)14-10-3-2-9(19)6-13(10)26-22-14/h1-6H,19H2,(H,20,24)(H,21,23,25). The summed E-state index contributed by atoms with van der Waals surface area (Å²) in [5.74, 6) is -1.23. The number of nitrogens with zero attached hydrogens (tertiary/aromatic N) is 3. The Morgan fingerprint density at radius 1 is 1.19 bits per heavy atom. The molecule has 0 aliphatic heterocycles. The number of amides is 1. The normalized spacial score (nSPS) is 10.6. The van der Waals surface area contributed by atoms with Crippen molar-refractivity contribution in [3.63, 3.8) is 0 Å². The number of fused-ring (bicyclic) bond motifs is 1. The lowest BCUT2D eigenvalue weighted by Crippen LogP contribution is -2.13. The quantitative estimate of drug-likeness (QED) is 0.465. The maximum atomic E-state index is 12.7. The maximum absolute atomic E-state index is 12.7. The molecule has 4 rings (SSSR count). The van der Waals surface area contributed by atoms with Gasteiger partial charge < -0.3 is 15.6 Å². The number of anilines is 2. The number of hydrogen-bond acceptors (Lipinski definition) is 8. The second-order valence-corrected chi connectivity index (χ2v) is 5.56. The van der Waals surface area contributed by atoms with Gasteiger partial charge >= 0.3 is 5.76 Å². The topological polar surface area (TPSA) is 164 Å². The molecule has 27 heavy (non-hydrogen) atoms. The molecule has 0 spiro atoms. The molecule has 10 heteroatoms. The van der Waals surface area contributed by atoms with Crippen LogP contribution in [0.1, 0.15) is 16.1 Å². The van der Waals surface area contributed by atoms with Crippen LogP contribution in [0, 0.1) is 11.3 Å². The molecule has 0 bridgehead atoms. The number of nitrogens with one attached hydrogen (secondary N) is 2. The van der Waals surface area contributed by atoms with Crippen LogP contribution in [0.4, 0.5) is 11.4 Å². The molecule has 0 aliphatic rings. The van der Waals surface area contributed by atoms with Crippen LogP contribution < -0.4 is 16.8 Å². The van der Waals surface area contributed by atoms with E-state index in [9.17, 15) is 9.59 Å². The van der Waals surface area contributed by atoms with Gasteiger partial charge in [0.05, 0.1) is 22.7 Å². The van der Waals surface area contributed by atoms with E-state index in [1.807, 2.05) is 6.07 Å². The SMILES string of the molecule is N#Cc1ccc(NC(=O)c2noc3cc(N)ccc23)c(-c2noc(=O)[nH]2)c1. The van der Waals surface area contributed by atoms with Gasteiger partial charge in [0.15, 0.2) is 17.1 Å². The summed E-state index contributed by atoms with van der Waals surface area (Å²) in [7, 11) is 0. The summed E-state index contributed by atoms with van der Waals surface area (Å²) in [6, 6.07) is 11.3. The van der Waals surface area contributed by atoms with Crippen molar-refractivity contribution in [3.05, 3.63) is 58.2 Å². The minimum atomic E-state index is -0.760. The van der Waals surface area contributed by atoms with Crippen molar-refractivity contribution in [1.82, 2.24) is 15.3 Å². The molecular formula is C17H10N6O4. The first-order valence-corrected chi connectivity index (χ1v) is 7.62. The zero-order chi connectivity index (χ0) is 19.0. The fourth-order valence-electron chi connectivity index (χ4n) is 2.56. The Labute approximate surface area is 150 Å². The molecule has 4 N–H and O–H groups in total. The second kappa shape index (κ2) is 6.16. The van der Waals surface area contributed by atoms with Gasteiger partial charge in [-0.25, -0.2) is 4.79 Å². The minimum absolute atomic E-state index is 0.0638. The van der Waals surface area contributed by atoms with E-state index in [0.29, 0.717) is 33.5 Å². The summed E-state index contributed by atoms with van der Waals surface area (Å²) in [6.45, 7) is 0. The lowest BCUT2D eigenvalue weighted by Gasteiger charge is -2.08. The molecule has 2 heterocycles. The van der Waals surface area contributed by atoms with Gasteiger partial charge in [0, 0.05) is 17.3 Å². The average molecular weight is 362 g/mol. The highest BCUT2D eigenvalue weighted by molar-refractivity contribution is 6.12. The highest BCUT2D eigenvalue weighted by atomic mass is 16.5. The van der Waals surface area contributed by atoms with Gasteiger partial charge in [-0.1, -0.05) is 10.3 Å². The molecule has 0 saturated carbocycles. The van der Waals surface area contributed by atoms with Gasteiger partial charge in [-0.2, -0.15) is 5.26 Å². The van der Waals surface area contributed by atoms with Crippen LogP contribution in [-0.4, -0.2) is 21.2 Å². The Balaban J connectivity index is 1.74. The zero-order valence-corrected chi connectivity index (χ0v) is 13.5. The predicted molar refractivity (Wildman–Crippen MR) is 93.6 cm³/mol. The molecule has 4 aromatic rings. The first kappa shape index (κ1) is 16.1. The lowest BCUT2D eigenvalue weighted by atomic mass is 10.1. The molecule has 0 aliphatic carbocycles. The van der Waals surface area contributed by atoms with Crippen molar-refractivity contribution >= 4 is 28.3 Å². The van der Waals surface area contributed by atoms with Crippen LogP contribution in [0.5, 0.6) is 0 Å². The number of benzene rings is 2. The molecule has 0 fully saturated rings. The minimum Gasteiger partial charge on any atom is -0.399 e. The molecule has 1 amide bonds. The molecule has 0 unspecified atom stereocenters. The number of carbonyl (C=O) groups excluding carboxylic acids is 1. The van der Waals surface area contributed by atoms with E-state index in [1.165, 1.54) is 18.2 Å². The van der Waals surface area contributed by atoms with Gasteiger partial charge in [-0.3, -0.25) is 14.3 Å². The van der Waals surface area contributed by atoms with E-state index in [4.69, 9.17) is 15.5 Å². The van der Waals surface area contributed by atoms with Crippen molar-refractivity contribution in [1.29, 1.82) is 5.26 Å². The average Bonchev–Trinajstić information content (AvgIpc) is 3.27. The zero-order valence-electron chi connectivity index (χ0n) is 13.5. The summed E-state index contributed by atoms with van der Waals surface area (Å²) < 4.78 is 9.63. The number of aromatic nitrogens is 3. The van der Waals surface area contributed by atoms with Crippen molar-refractivity contribution in [2.45, 2.75) is 0 Å². The van der Waals surface area contributed by atoms with Gasteiger partial charge in [-0.05, 0) is 30.3 Å². The Hall–Kier alpha value is -4.39. The number of H-pyrrole nitrogens is 1. The predicted octanol–water partition coefficient (Wildman–Crippen LogP) is 1.88. The number of hydrogen-bond donors (Lipinski definition) is 3. The van der Waals surface area contributed by atoms with Crippen LogP contribution in [0.15, 0.2) is 50.2 Å². The third kappa shape index (κ3) is 2.89. The van der Waals surface area contributed by atoms with Crippen molar-refractivity contribution in [2.75, 3.05) is 11.1 Å². The third-order valence-corrected chi connectivity index (χ3v) is 3.80. The summed E-state index contributed by atoms with van der Waals surface area (Å²) in [4.78, 5) is 26.3. The molecule has 2 aromatic carbocycles. The van der Waals surface area contributed by atoms with Crippen LogP contribution in [0.25, 0.3) is 22.4 Å². The van der Waals surface area contributed by atoms with Crippen molar-refractivity contribution in [2.24, 2.45) is 0 Å². The van der Waals surface area contributed by atoms with Crippen molar-refractivity contribution < 1.29 is 13.8 Å². The van der Waals surface area contributed by atoms with Gasteiger partial charge in [-0.15, -0.1) is 0 Å². The highest BCUT2D eigenvalue weighted by Crippen LogP contribution is 2.28. The molecule has 2 aromatic heterocycles. The first-order chi connectivity index (χ1) is 13.0. The summed E-state index contributed by atoms with van der Waals surface area (Å²) in [5, 5.41) is 19.6. The molecule has 0 saturated heterocycles. The molecular weight excluding hydrogens is 352 g/mol.